The van der Waals surface area contributed by atoms with E-state index in [0.717, 1.165) is 5.56 Å². The van der Waals surface area contributed by atoms with Gasteiger partial charge in [0.05, 0.1) is 7.11 Å². The van der Waals surface area contributed by atoms with Crippen LogP contribution < -0.4 is 14.8 Å². The molecule has 0 aliphatic rings. The number of ether oxygens (including phenoxy) is 2. The minimum absolute atomic E-state index is 0.0224. The standard InChI is InChI=1S/C24H19FN2O3/c1-29-22-12-8-21(9-13-22)27-24(28)19(15-26)14-17-4-10-23(11-5-17)30-16-18-2-6-20(25)7-3-18/h2-14H,16H2,1H3,(H,27,28)/b19-14+. The molecule has 0 aliphatic carbocycles. The fourth-order valence-electron chi connectivity index (χ4n) is 2.60. The first-order chi connectivity index (χ1) is 14.6. The van der Waals surface area contributed by atoms with Crippen LogP contribution in [0.4, 0.5) is 10.1 Å². The highest BCUT2D eigenvalue weighted by molar-refractivity contribution is 6.09. The van der Waals surface area contributed by atoms with E-state index in [2.05, 4.69) is 5.32 Å². The molecule has 0 spiro atoms. The smallest absolute Gasteiger partial charge is 0.266 e. The molecule has 3 aromatic carbocycles. The van der Waals surface area contributed by atoms with Crippen molar-refractivity contribution in [3.05, 3.63) is 95.3 Å². The van der Waals surface area contributed by atoms with E-state index in [9.17, 15) is 14.4 Å². The number of carbonyl (C=O) groups is 1. The zero-order valence-electron chi connectivity index (χ0n) is 16.3. The van der Waals surface area contributed by atoms with Gasteiger partial charge in [0.1, 0.15) is 35.6 Å². The van der Waals surface area contributed by atoms with E-state index in [1.165, 1.54) is 18.2 Å². The molecule has 1 amide bonds. The number of halogens is 1. The predicted octanol–water partition coefficient (Wildman–Crippen LogP) is 4.96. The maximum atomic E-state index is 12.9. The molecule has 0 unspecified atom stereocenters. The van der Waals surface area contributed by atoms with Crippen molar-refractivity contribution in [3.8, 4) is 17.6 Å². The maximum absolute atomic E-state index is 12.9. The molecule has 0 saturated carbocycles. The van der Waals surface area contributed by atoms with Crippen LogP contribution in [0, 0.1) is 17.1 Å². The van der Waals surface area contributed by atoms with Gasteiger partial charge in [-0.25, -0.2) is 4.39 Å². The number of benzene rings is 3. The van der Waals surface area contributed by atoms with Crippen LogP contribution in [-0.2, 0) is 11.4 Å². The average Bonchev–Trinajstić information content (AvgIpc) is 2.78. The van der Waals surface area contributed by atoms with Crippen molar-refractivity contribution < 1.29 is 18.7 Å². The van der Waals surface area contributed by atoms with Crippen LogP contribution >= 0.6 is 0 Å². The quantitative estimate of drug-likeness (QED) is 0.448. The lowest BCUT2D eigenvalue weighted by molar-refractivity contribution is -0.112. The van der Waals surface area contributed by atoms with Crippen LogP contribution in [0.2, 0.25) is 0 Å². The third-order valence-corrected chi connectivity index (χ3v) is 4.22. The number of carbonyl (C=O) groups excluding carboxylic acids is 1. The SMILES string of the molecule is COc1ccc(NC(=O)/C(C#N)=C/c2ccc(OCc3ccc(F)cc3)cc2)cc1. The Balaban J connectivity index is 1.62. The number of amides is 1. The van der Waals surface area contributed by atoms with Crippen molar-refractivity contribution in [1.82, 2.24) is 0 Å². The molecular formula is C24H19FN2O3. The Morgan fingerprint density at radius 1 is 1.00 bits per heavy atom. The van der Waals surface area contributed by atoms with Crippen molar-refractivity contribution in [2.24, 2.45) is 0 Å². The molecule has 0 fully saturated rings. The molecular weight excluding hydrogens is 383 g/mol. The molecule has 1 N–H and O–H groups in total. The fourth-order valence-corrected chi connectivity index (χ4v) is 2.60. The molecule has 30 heavy (non-hydrogen) atoms. The predicted molar refractivity (Wildman–Crippen MR) is 112 cm³/mol. The molecule has 0 aliphatic heterocycles. The molecule has 0 radical (unpaired) electrons. The molecule has 0 saturated heterocycles. The molecule has 5 nitrogen and oxygen atoms in total. The van der Waals surface area contributed by atoms with Crippen LogP contribution in [0.1, 0.15) is 11.1 Å². The summed E-state index contributed by atoms with van der Waals surface area (Å²) in [7, 11) is 1.56. The number of nitriles is 1. The summed E-state index contributed by atoms with van der Waals surface area (Å²) in [5.41, 5.74) is 2.07. The molecule has 3 rings (SSSR count). The van der Waals surface area contributed by atoms with Crippen LogP contribution in [0.5, 0.6) is 11.5 Å². The summed E-state index contributed by atoms with van der Waals surface area (Å²) in [5.74, 6) is 0.502. The van der Waals surface area contributed by atoms with E-state index in [1.54, 1.807) is 67.8 Å². The van der Waals surface area contributed by atoms with Crippen molar-refractivity contribution in [3.63, 3.8) is 0 Å². The Kier molecular flexibility index (Phi) is 6.80. The summed E-state index contributed by atoms with van der Waals surface area (Å²) in [4.78, 5) is 12.4. The summed E-state index contributed by atoms with van der Waals surface area (Å²) < 4.78 is 23.7. The number of anilines is 1. The number of hydrogen-bond donors (Lipinski definition) is 1. The zero-order chi connectivity index (χ0) is 21.3. The summed E-state index contributed by atoms with van der Waals surface area (Å²) in [5, 5.41) is 12.0. The molecule has 0 atom stereocenters. The summed E-state index contributed by atoms with van der Waals surface area (Å²) >= 11 is 0. The summed E-state index contributed by atoms with van der Waals surface area (Å²) in [6.07, 6.45) is 1.50. The largest absolute Gasteiger partial charge is 0.497 e. The first kappa shape index (κ1) is 20.6. The number of nitrogens with zero attached hydrogens (tertiary/aromatic N) is 1. The fraction of sp³-hybridized carbons (Fsp3) is 0.0833. The van der Waals surface area contributed by atoms with Crippen LogP contribution in [0.25, 0.3) is 6.08 Å². The monoisotopic (exact) mass is 402 g/mol. The van der Waals surface area contributed by atoms with Gasteiger partial charge >= 0.3 is 0 Å². The Labute approximate surface area is 174 Å². The lowest BCUT2D eigenvalue weighted by Crippen LogP contribution is -2.13. The minimum atomic E-state index is -0.501. The Bertz CT molecular complexity index is 1070. The van der Waals surface area contributed by atoms with Gasteiger partial charge in [-0.1, -0.05) is 24.3 Å². The molecule has 3 aromatic rings. The van der Waals surface area contributed by atoms with Crippen LogP contribution in [0.3, 0.4) is 0 Å². The van der Waals surface area contributed by atoms with E-state index in [-0.39, 0.29) is 11.4 Å². The van der Waals surface area contributed by atoms with E-state index >= 15 is 0 Å². The molecule has 6 heteroatoms. The first-order valence-electron chi connectivity index (χ1n) is 9.12. The van der Waals surface area contributed by atoms with Gasteiger partial charge in [-0.05, 0) is 65.7 Å². The second-order valence-electron chi connectivity index (χ2n) is 6.34. The Morgan fingerprint density at radius 2 is 1.63 bits per heavy atom. The Hall–Kier alpha value is -4.11. The maximum Gasteiger partial charge on any atom is 0.266 e. The van der Waals surface area contributed by atoms with Gasteiger partial charge in [-0.2, -0.15) is 5.26 Å². The van der Waals surface area contributed by atoms with E-state index < -0.39 is 5.91 Å². The van der Waals surface area contributed by atoms with E-state index in [0.29, 0.717) is 29.4 Å². The highest BCUT2D eigenvalue weighted by Crippen LogP contribution is 2.18. The van der Waals surface area contributed by atoms with E-state index in [4.69, 9.17) is 9.47 Å². The summed E-state index contributed by atoms with van der Waals surface area (Å²) in [6.45, 7) is 0.309. The first-order valence-corrected chi connectivity index (χ1v) is 9.12. The number of rotatable bonds is 7. The molecule has 150 valence electrons. The van der Waals surface area contributed by atoms with Gasteiger partial charge < -0.3 is 14.8 Å². The minimum Gasteiger partial charge on any atom is -0.497 e. The van der Waals surface area contributed by atoms with Gasteiger partial charge in [0, 0.05) is 5.69 Å². The van der Waals surface area contributed by atoms with Gasteiger partial charge in [0.2, 0.25) is 0 Å². The third-order valence-electron chi connectivity index (χ3n) is 4.22. The van der Waals surface area contributed by atoms with Gasteiger partial charge in [-0.3, -0.25) is 4.79 Å². The third kappa shape index (κ3) is 5.69. The number of hydrogen-bond acceptors (Lipinski definition) is 4. The highest BCUT2D eigenvalue weighted by atomic mass is 19.1. The van der Waals surface area contributed by atoms with Crippen LogP contribution in [-0.4, -0.2) is 13.0 Å². The zero-order valence-corrected chi connectivity index (χ0v) is 16.3. The van der Waals surface area contributed by atoms with Gasteiger partial charge in [0.25, 0.3) is 5.91 Å². The normalized spacial score (nSPS) is 10.8. The van der Waals surface area contributed by atoms with Crippen molar-refractivity contribution in [2.75, 3.05) is 12.4 Å². The molecule has 0 heterocycles. The topological polar surface area (TPSA) is 71.3 Å². The second kappa shape index (κ2) is 9.89. The van der Waals surface area contributed by atoms with Gasteiger partial charge in [0.15, 0.2) is 0 Å². The Morgan fingerprint density at radius 3 is 2.23 bits per heavy atom. The van der Waals surface area contributed by atoms with Crippen molar-refractivity contribution >= 4 is 17.7 Å². The molecule has 0 aromatic heterocycles. The van der Waals surface area contributed by atoms with Crippen molar-refractivity contribution in [2.45, 2.75) is 6.61 Å². The lowest BCUT2D eigenvalue weighted by atomic mass is 10.1. The summed E-state index contributed by atoms with van der Waals surface area (Å²) in [6, 6.07) is 21.8. The number of methoxy groups -OCH3 is 1. The number of nitrogens with one attached hydrogen (secondary N) is 1. The second-order valence-corrected chi connectivity index (χ2v) is 6.34. The highest BCUT2D eigenvalue weighted by Gasteiger charge is 2.10. The molecule has 0 bridgehead atoms. The van der Waals surface area contributed by atoms with E-state index in [1.807, 2.05) is 6.07 Å². The van der Waals surface area contributed by atoms with Crippen LogP contribution in [0.15, 0.2) is 78.4 Å². The van der Waals surface area contributed by atoms with Crippen molar-refractivity contribution in [1.29, 1.82) is 5.26 Å². The lowest BCUT2D eigenvalue weighted by Gasteiger charge is -2.07. The van der Waals surface area contributed by atoms with Gasteiger partial charge in [-0.15, -0.1) is 0 Å². The average molecular weight is 402 g/mol.